The third-order valence-electron chi connectivity index (χ3n) is 2.85. The summed E-state index contributed by atoms with van der Waals surface area (Å²) in [4.78, 5) is 6.92. The van der Waals surface area contributed by atoms with Gasteiger partial charge in [0.15, 0.2) is 0 Å². The van der Waals surface area contributed by atoms with Crippen LogP contribution in [0.15, 0.2) is 41.7 Å². The maximum atomic E-state index is 12.0. The number of benzene rings is 1. The average molecular weight is 310 g/mol. The van der Waals surface area contributed by atoms with Crippen LogP contribution < -0.4 is 0 Å². The van der Waals surface area contributed by atoms with E-state index < -0.39 is 10.1 Å². The molecule has 7 heteroatoms. The van der Waals surface area contributed by atoms with Crippen molar-refractivity contribution >= 4 is 10.1 Å². The van der Waals surface area contributed by atoms with Gasteiger partial charge in [0.2, 0.25) is 0 Å². The van der Waals surface area contributed by atoms with Crippen LogP contribution in [-0.4, -0.2) is 31.1 Å². The van der Waals surface area contributed by atoms with Crippen molar-refractivity contribution in [1.29, 1.82) is 0 Å². The van der Waals surface area contributed by atoms with Gasteiger partial charge in [-0.3, -0.25) is 4.18 Å². The molecule has 2 aromatic rings. The Kier molecular flexibility index (Phi) is 5.11. The van der Waals surface area contributed by atoms with Crippen molar-refractivity contribution in [2.75, 3.05) is 6.61 Å². The number of nitrogens with one attached hydrogen (secondary N) is 1. The quantitative estimate of drug-likeness (QED) is 0.791. The number of aryl methyl sites for hydroxylation is 1. The maximum absolute atomic E-state index is 12.0. The molecule has 0 bridgehead atoms. The Labute approximate surface area is 124 Å². The van der Waals surface area contributed by atoms with Crippen LogP contribution in [0.4, 0.5) is 0 Å². The van der Waals surface area contributed by atoms with Gasteiger partial charge < -0.3 is 9.72 Å². The molecule has 1 aromatic heterocycles. The maximum Gasteiger partial charge on any atom is 0.297 e. The lowest BCUT2D eigenvalue weighted by Crippen LogP contribution is -2.19. The summed E-state index contributed by atoms with van der Waals surface area (Å²) >= 11 is 0. The van der Waals surface area contributed by atoms with Crippen molar-refractivity contribution in [2.24, 2.45) is 0 Å². The molecule has 1 aromatic carbocycles. The molecule has 0 amide bonds. The van der Waals surface area contributed by atoms with Gasteiger partial charge in [-0.15, -0.1) is 0 Å². The second-order valence-electron chi connectivity index (χ2n) is 4.75. The first kappa shape index (κ1) is 15.7. The van der Waals surface area contributed by atoms with Crippen LogP contribution in [0.3, 0.4) is 0 Å². The van der Waals surface area contributed by atoms with Crippen molar-refractivity contribution in [3.05, 3.63) is 48.0 Å². The number of hydrogen-bond acceptors (Lipinski definition) is 5. The molecule has 1 atom stereocenters. The highest BCUT2D eigenvalue weighted by atomic mass is 32.2. The van der Waals surface area contributed by atoms with E-state index in [1.54, 1.807) is 31.6 Å². The van der Waals surface area contributed by atoms with Crippen molar-refractivity contribution in [2.45, 2.75) is 31.5 Å². The molecule has 1 heterocycles. The van der Waals surface area contributed by atoms with Gasteiger partial charge in [0.05, 0.1) is 42.4 Å². The van der Waals surface area contributed by atoms with Crippen molar-refractivity contribution in [3.63, 3.8) is 0 Å². The Morgan fingerprint density at radius 1 is 1.29 bits per heavy atom. The van der Waals surface area contributed by atoms with Gasteiger partial charge in [0, 0.05) is 0 Å². The molecule has 1 N–H and O–H groups in total. The highest BCUT2D eigenvalue weighted by Crippen LogP contribution is 2.14. The fraction of sp³-hybridized carbons (Fsp3) is 0.357. The molecule has 21 heavy (non-hydrogen) atoms. The second-order valence-corrected chi connectivity index (χ2v) is 6.37. The summed E-state index contributed by atoms with van der Waals surface area (Å²) in [6, 6.07) is 6.52. The summed E-state index contributed by atoms with van der Waals surface area (Å²) in [6.45, 7) is 3.93. The van der Waals surface area contributed by atoms with E-state index in [1.165, 1.54) is 12.1 Å². The molecule has 0 saturated carbocycles. The third kappa shape index (κ3) is 4.66. The lowest BCUT2D eigenvalue weighted by atomic mass is 10.2. The summed E-state index contributed by atoms with van der Waals surface area (Å²) in [5.74, 6) is 0. The average Bonchev–Trinajstić information content (AvgIpc) is 2.97. The standard InChI is InChI=1S/C14H18N2O4S/c1-11-3-5-14(6-4-11)21(17,18)20-8-12(2)19-9-13-7-15-10-16-13/h3-7,10,12H,8-9H2,1-2H3,(H,15,16). The van der Waals surface area contributed by atoms with E-state index in [-0.39, 0.29) is 17.6 Å². The molecule has 0 spiro atoms. The number of nitrogens with zero attached hydrogens (tertiary/aromatic N) is 1. The molecular weight excluding hydrogens is 292 g/mol. The smallest absolute Gasteiger partial charge is 0.297 e. The predicted molar refractivity (Wildman–Crippen MR) is 77.2 cm³/mol. The van der Waals surface area contributed by atoms with E-state index in [1.807, 2.05) is 6.92 Å². The van der Waals surface area contributed by atoms with Crippen molar-refractivity contribution < 1.29 is 17.3 Å². The molecule has 0 aliphatic rings. The van der Waals surface area contributed by atoms with Gasteiger partial charge in [-0.2, -0.15) is 8.42 Å². The first-order valence-corrected chi connectivity index (χ1v) is 7.93. The Morgan fingerprint density at radius 2 is 2.00 bits per heavy atom. The summed E-state index contributed by atoms with van der Waals surface area (Å²) in [6.07, 6.45) is 2.85. The molecule has 6 nitrogen and oxygen atoms in total. The topological polar surface area (TPSA) is 81.3 Å². The number of rotatable bonds is 7. The lowest BCUT2D eigenvalue weighted by molar-refractivity contribution is 0.0215. The molecule has 2 rings (SSSR count). The zero-order chi connectivity index (χ0) is 15.3. The van der Waals surface area contributed by atoms with Gasteiger partial charge in [0.1, 0.15) is 0 Å². The molecule has 1 unspecified atom stereocenters. The molecule has 0 saturated heterocycles. The molecular formula is C14H18N2O4S. The van der Waals surface area contributed by atoms with Crippen LogP contribution in [0.2, 0.25) is 0 Å². The minimum atomic E-state index is -3.74. The summed E-state index contributed by atoms with van der Waals surface area (Å²) < 4.78 is 34.5. The summed E-state index contributed by atoms with van der Waals surface area (Å²) in [5.41, 5.74) is 1.81. The number of imidazole rings is 1. The van der Waals surface area contributed by atoms with Crippen LogP contribution in [-0.2, 0) is 25.6 Å². The Balaban J connectivity index is 1.84. The van der Waals surface area contributed by atoms with E-state index in [9.17, 15) is 8.42 Å². The number of H-pyrrole nitrogens is 1. The zero-order valence-corrected chi connectivity index (χ0v) is 12.8. The largest absolute Gasteiger partial charge is 0.370 e. The van der Waals surface area contributed by atoms with Crippen LogP contribution in [0.5, 0.6) is 0 Å². The number of aromatic nitrogens is 2. The monoisotopic (exact) mass is 310 g/mol. The molecule has 0 fully saturated rings. The zero-order valence-electron chi connectivity index (χ0n) is 11.9. The fourth-order valence-electron chi connectivity index (χ4n) is 1.60. The van der Waals surface area contributed by atoms with Crippen LogP contribution in [0.25, 0.3) is 0 Å². The molecule has 0 aliphatic heterocycles. The predicted octanol–water partition coefficient (Wildman–Crippen LogP) is 2.03. The Hall–Kier alpha value is -1.70. The highest BCUT2D eigenvalue weighted by molar-refractivity contribution is 7.86. The normalized spacial score (nSPS) is 13.2. The van der Waals surface area contributed by atoms with Gasteiger partial charge in [-0.05, 0) is 26.0 Å². The Bertz CT molecular complexity index is 651. The fourth-order valence-corrected chi connectivity index (χ4v) is 2.58. The Morgan fingerprint density at radius 3 is 2.62 bits per heavy atom. The molecule has 0 radical (unpaired) electrons. The minimum Gasteiger partial charge on any atom is -0.370 e. The third-order valence-corrected chi connectivity index (χ3v) is 4.14. The minimum absolute atomic E-state index is 0.0374. The van der Waals surface area contributed by atoms with E-state index in [0.717, 1.165) is 11.3 Å². The van der Waals surface area contributed by atoms with E-state index in [4.69, 9.17) is 8.92 Å². The first-order chi connectivity index (χ1) is 9.97. The molecule has 114 valence electrons. The molecule has 0 aliphatic carbocycles. The van der Waals surface area contributed by atoms with Crippen LogP contribution >= 0.6 is 0 Å². The van der Waals surface area contributed by atoms with Gasteiger partial charge in [0.25, 0.3) is 10.1 Å². The van der Waals surface area contributed by atoms with E-state index in [0.29, 0.717) is 6.61 Å². The van der Waals surface area contributed by atoms with Crippen molar-refractivity contribution in [1.82, 2.24) is 9.97 Å². The van der Waals surface area contributed by atoms with Gasteiger partial charge >= 0.3 is 0 Å². The second kappa shape index (κ2) is 6.84. The van der Waals surface area contributed by atoms with E-state index >= 15 is 0 Å². The van der Waals surface area contributed by atoms with Crippen LogP contribution in [0, 0.1) is 6.92 Å². The number of aromatic amines is 1. The lowest BCUT2D eigenvalue weighted by Gasteiger charge is -2.13. The highest BCUT2D eigenvalue weighted by Gasteiger charge is 2.16. The number of hydrogen-bond donors (Lipinski definition) is 1. The van der Waals surface area contributed by atoms with Gasteiger partial charge in [-0.25, -0.2) is 4.98 Å². The summed E-state index contributed by atoms with van der Waals surface area (Å²) in [5, 5.41) is 0. The number of ether oxygens (including phenoxy) is 1. The summed E-state index contributed by atoms with van der Waals surface area (Å²) in [7, 11) is -3.74. The first-order valence-electron chi connectivity index (χ1n) is 6.52. The van der Waals surface area contributed by atoms with Crippen molar-refractivity contribution in [3.8, 4) is 0 Å². The SMILES string of the molecule is Cc1ccc(S(=O)(=O)OCC(C)OCc2cnc[nH]2)cc1. The van der Waals surface area contributed by atoms with Crippen LogP contribution in [0.1, 0.15) is 18.2 Å². The van der Waals surface area contributed by atoms with E-state index in [2.05, 4.69) is 9.97 Å². The van der Waals surface area contributed by atoms with Gasteiger partial charge in [-0.1, -0.05) is 17.7 Å².